The van der Waals surface area contributed by atoms with E-state index < -0.39 is 0 Å². The number of nitrogens with one attached hydrogen (secondary N) is 1. The van der Waals surface area contributed by atoms with Gasteiger partial charge in [0.05, 0.1) is 19.7 Å². The van der Waals surface area contributed by atoms with Crippen LogP contribution in [-0.4, -0.2) is 71.7 Å². The Hall–Kier alpha value is -2.58. The van der Waals surface area contributed by atoms with Gasteiger partial charge in [0.2, 0.25) is 0 Å². The Balaban J connectivity index is 0.00000218. The van der Waals surface area contributed by atoms with Crippen molar-refractivity contribution in [2.45, 2.75) is 12.6 Å². The number of ether oxygens (including phenoxy) is 1. The Morgan fingerprint density at radius 2 is 1.97 bits per heavy atom. The third-order valence-corrected chi connectivity index (χ3v) is 6.49. The molecule has 2 aromatic rings. The molecule has 0 saturated carbocycles. The van der Waals surface area contributed by atoms with Crippen LogP contribution < -0.4 is 10.1 Å². The van der Waals surface area contributed by atoms with Crippen molar-refractivity contribution in [2.24, 2.45) is 11.8 Å². The van der Waals surface area contributed by atoms with Gasteiger partial charge in [-0.2, -0.15) is 5.10 Å². The molecule has 0 aliphatic carbocycles. The van der Waals surface area contributed by atoms with Gasteiger partial charge in [-0.25, -0.2) is 0 Å². The lowest BCUT2D eigenvalue weighted by Gasteiger charge is -2.28. The lowest BCUT2D eigenvalue weighted by Crippen LogP contribution is -2.37. The summed E-state index contributed by atoms with van der Waals surface area (Å²) < 4.78 is 6.95. The van der Waals surface area contributed by atoms with Crippen LogP contribution in [0, 0.1) is 11.8 Å². The van der Waals surface area contributed by atoms with Gasteiger partial charge in [0.25, 0.3) is 11.8 Å². The maximum atomic E-state index is 13.5. The van der Waals surface area contributed by atoms with E-state index in [4.69, 9.17) is 4.74 Å². The largest absolute Gasteiger partial charge is 0.497 e. The third kappa shape index (κ3) is 3.24. The number of likely N-dealkylation sites (N-methyl/N-ethyl adjacent to an activating group) is 1. The molecule has 1 N–H and O–H groups in total. The highest BCUT2D eigenvalue weighted by atomic mass is 35.5. The van der Waals surface area contributed by atoms with Crippen molar-refractivity contribution in [1.82, 2.24) is 24.9 Å². The van der Waals surface area contributed by atoms with Gasteiger partial charge in [-0.3, -0.25) is 14.3 Å². The molecule has 5 rings (SSSR count). The topological polar surface area (TPSA) is 79.7 Å². The van der Waals surface area contributed by atoms with Crippen LogP contribution >= 0.6 is 12.4 Å². The van der Waals surface area contributed by atoms with Crippen molar-refractivity contribution in [3.8, 4) is 5.75 Å². The first-order valence-electron chi connectivity index (χ1n) is 10.1. The fourth-order valence-corrected chi connectivity index (χ4v) is 4.91. The number of carbonyl (C=O) groups excluding carboxylic acids is 2. The first kappa shape index (κ1) is 20.7. The molecule has 0 radical (unpaired) electrons. The number of amides is 2. The van der Waals surface area contributed by atoms with Crippen molar-refractivity contribution in [3.05, 3.63) is 47.3 Å². The summed E-state index contributed by atoms with van der Waals surface area (Å²) in [6, 6.07) is 9.61. The van der Waals surface area contributed by atoms with E-state index in [1.165, 1.54) is 0 Å². The molecule has 9 heteroatoms. The summed E-state index contributed by atoms with van der Waals surface area (Å²) in [5.41, 5.74) is 1.95. The predicted molar refractivity (Wildman–Crippen MR) is 113 cm³/mol. The van der Waals surface area contributed by atoms with Crippen LogP contribution in [0.2, 0.25) is 0 Å². The normalized spacial score (nSPS) is 25.0. The van der Waals surface area contributed by atoms with Crippen LogP contribution in [0.1, 0.15) is 32.6 Å². The monoisotopic (exact) mass is 431 g/mol. The molecule has 1 aromatic heterocycles. The lowest BCUT2D eigenvalue weighted by atomic mass is 9.89. The number of aromatic nitrogens is 2. The fraction of sp³-hybridized carbons (Fsp3) is 0.476. The molecule has 3 aliphatic heterocycles. The van der Waals surface area contributed by atoms with E-state index in [1.54, 1.807) is 29.8 Å². The number of benzene rings is 1. The Morgan fingerprint density at radius 1 is 1.20 bits per heavy atom. The van der Waals surface area contributed by atoms with Crippen LogP contribution in [0.15, 0.2) is 30.3 Å². The average molecular weight is 432 g/mol. The van der Waals surface area contributed by atoms with Crippen LogP contribution in [0.25, 0.3) is 0 Å². The summed E-state index contributed by atoms with van der Waals surface area (Å²) in [6.07, 6.45) is 0. The van der Waals surface area contributed by atoms with Crippen LogP contribution in [0.5, 0.6) is 5.75 Å². The van der Waals surface area contributed by atoms with Crippen LogP contribution in [0.4, 0.5) is 0 Å². The number of rotatable bonds is 3. The van der Waals surface area contributed by atoms with Crippen LogP contribution in [0.3, 0.4) is 0 Å². The van der Waals surface area contributed by atoms with Crippen molar-refractivity contribution in [2.75, 3.05) is 40.3 Å². The van der Waals surface area contributed by atoms with E-state index in [9.17, 15) is 9.59 Å². The Kier molecular flexibility index (Phi) is 5.46. The van der Waals surface area contributed by atoms with E-state index in [2.05, 4.69) is 10.4 Å². The molecule has 0 spiro atoms. The second-order valence-electron chi connectivity index (χ2n) is 8.12. The molecule has 1 aromatic carbocycles. The summed E-state index contributed by atoms with van der Waals surface area (Å²) in [4.78, 5) is 29.5. The standard InChI is InChI=1S/C21H25N5O3.ClH/c1-24-7-8-26-18(21(24)28)9-17(23-26)20(27)25-12-14-10-22-11-16(14)19(25)13-3-5-15(29-2)6-4-13;/h3-6,9,14,16,19,22H,7-8,10-12H2,1-2H3;1H/t14-,16-,19-;/m0./s1. The number of fused-ring (bicyclic) bond motifs is 2. The second kappa shape index (κ2) is 7.92. The maximum absolute atomic E-state index is 13.5. The van der Waals surface area contributed by atoms with Gasteiger partial charge in [0.1, 0.15) is 11.4 Å². The number of methoxy groups -OCH3 is 1. The molecule has 0 bridgehead atoms. The van der Waals surface area contributed by atoms with E-state index in [0.29, 0.717) is 42.9 Å². The van der Waals surface area contributed by atoms with Crippen molar-refractivity contribution in [1.29, 1.82) is 0 Å². The molecule has 2 fully saturated rings. The Labute approximate surface area is 181 Å². The maximum Gasteiger partial charge on any atom is 0.274 e. The van der Waals surface area contributed by atoms with Crippen molar-refractivity contribution >= 4 is 24.2 Å². The van der Waals surface area contributed by atoms with Gasteiger partial charge in [-0.15, -0.1) is 12.4 Å². The van der Waals surface area contributed by atoms with E-state index in [1.807, 2.05) is 29.2 Å². The zero-order valence-corrected chi connectivity index (χ0v) is 17.9. The minimum atomic E-state index is -0.0995. The van der Waals surface area contributed by atoms with Gasteiger partial charge in [-0.05, 0) is 23.6 Å². The molecule has 0 unspecified atom stereocenters. The summed E-state index contributed by atoms with van der Waals surface area (Å²) in [7, 11) is 3.42. The highest BCUT2D eigenvalue weighted by Crippen LogP contribution is 2.43. The van der Waals surface area contributed by atoms with Gasteiger partial charge < -0.3 is 19.9 Å². The minimum absolute atomic E-state index is 0. The van der Waals surface area contributed by atoms with Crippen molar-refractivity contribution in [3.63, 3.8) is 0 Å². The fourth-order valence-electron chi connectivity index (χ4n) is 4.91. The van der Waals surface area contributed by atoms with Crippen LogP contribution in [-0.2, 0) is 6.54 Å². The summed E-state index contributed by atoms with van der Waals surface area (Å²) in [6.45, 7) is 3.73. The number of carbonyl (C=O) groups is 2. The highest BCUT2D eigenvalue weighted by molar-refractivity contribution is 5.98. The number of halogens is 1. The lowest BCUT2D eigenvalue weighted by molar-refractivity contribution is 0.0702. The predicted octanol–water partition coefficient (Wildman–Crippen LogP) is 1.43. The first-order valence-corrected chi connectivity index (χ1v) is 10.1. The molecule has 4 heterocycles. The molecule has 2 saturated heterocycles. The Morgan fingerprint density at radius 3 is 2.70 bits per heavy atom. The SMILES string of the molecule is COc1ccc([C@H]2[C@H]3CNC[C@H]3CN2C(=O)c2cc3n(n2)CCN(C)C3=O)cc1.Cl. The minimum Gasteiger partial charge on any atom is -0.497 e. The van der Waals surface area contributed by atoms with E-state index >= 15 is 0 Å². The summed E-state index contributed by atoms with van der Waals surface area (Å²) >= 11 is 0. The molecule has 3 aliphatic rings. The highest BCUT2D eigenvalue weighted by Gasteiger charge is 2.47. The molecule has 30 heavy (non-hydrogen) atoms. The zero-order chi connectivity index (χ0) is 20.1. The molecule has 2 amide bonds. The smallest absolute Gasteiger partial charge is 0.274 e. The second-order valence-corrected chi connectivity index (χ2v) is 8.12. The summed E-state index contributed by atoms with van der Waals surface area (Å²) in [5, 5.41) is 7.94. The van der Waals surface area contributed by atoms with Gasteiger partial charge in [0.15, 0.2) is 5.69 Å². The molecule has 160 valence electrons. The van der Waals surface area contributed by atoms with Crippen molar-refractivity contribution < 1.29 is 14.3 Å². The number of hydrogen-bond donors (Lipinski definition) is 1. The number of likely N-dealkylation sites (tertiary alicyclic amines) is 1. The first-order chi connectivity index (χ1) is 14.1. The third-order valence-electron chi connectivity index (χ3n) is 6.49. The number of nitrogens with zero attached hydrogens (tertiary/aromatic N) is 4. The molecular weight excluding hydrogens is 406 g/mol. The van der Waals surface area contributed by atoms with E-state index in [0.717, 1.165) is 24.4 Å². The zero-order valence-electron chi connectivity index (χ0n) is 17.1. The molecule has 3 atom stereocenters. The van der Waals surface area contributed by atoms with E-state index in [-0.39, 0.29) is 30.3 Å². The molecular formula is C21H26ClN5O3. The number of hydrogen-bond acceptors (Lipinski definition) is 5. The van der Waals surface area contributed by atoms with Gasteiger partial charge >= 0.3 is 0 Å². The quantitative estimate of drug-likeness (QED) is 0.795. The average Bonchev–Trinajstić information content (AvgIpc) is 3.44. The van der Waals surface area contributed by atoms with Gasteiger partial charge in [-0.1, -0.05) is 12.1 Å². The molecule has 8 nitrogen and oxygen atoms in total. The van der Waals surface area contributed by atoms with Gasteiger partial charge in [0, 0.05) is 45.2 Å². The Bertz CT molecular complexity index is 960. The summed E-state index contributed by atoms with van der Waals surface area (Å²) in [5.74, 6) is 1.41.